The van der Waals surface area contributed by atoms with Gasteiger partial charge in [0.25, 0.3) is 5.69 Å². The van der Waals surface area contributed by atoms with Gasteiger partial charge in [0.2, 0.25) is 15.9 Å². The minimum atomic E-state index is -3.97. The summed E-state index contributed by atoms with van der Waals surface area (Å²) in [6.45, 7) is 0.206. The van der Waals surface area contributed by atoms with Crippen molar-refractivity contribution in [3.63, 3.8) is 0 Å². The van der Waals surface area contributed by atoms with Crippen molar-refractivity contribution in [2.75, 3.05) is 11.9 Å². The first-order chi connectivity index (χ1) is 13.3. The molecule has 1 amide bonds. The van der Waals surface area contributed by atoms with Crippen LogP contribution < -0.4 is 5.32 Å². The van der Waals surface area contributed by atoms with Gasteiger partial charge in [-0.05, 0) is 49.2 Å². The molecule has 2 aromatic carbocycles. The average Bonchev–Trinajstić information content (AvgIpc) is 2.69. The van der Waals surface area contributed by atoms with Gasteiger partial charge in [-0.1, -0.05) is 18.0 Å². The van der Waals surface area contributed by atoms with Crippen LogP contribution in [0.2, 0.25) is 5.02 Å². The summed E-state index contributed by atoms with van der Waals surface area (Å²) < 4.78 is 27.2. The van der Waals surface area contributed by atoms with E-state index in [0.717, 1.165) is 18.6 Å². The molecule has 1 fully saturated rings. The van der Waals surface area contributed by atoms with E-state index in [-0.39, 0.29) is 17.1 Å². The van der Waals surface area contributed by atoms with Crippen molar-refractivity contribution in [2.45, 2.75) is 30.2 Å². The Morgan fingerprint density at radius 2 is 1.75 bits per heavy atom. The van der Waals surface area contributed by atoms with Crippen LogP contribution in [0.1, 0.15) is 19.3 Å². The van der Waals surface area contributed by atoms with Crippen molar-refractivity contribution in [3.8, 4) is 0 Å². The van der Waals surface area contributed by atoms with Gasteiger partial charge >= 0.3 is 0 Å². The van der Waals surface area contributed by atoms with E-state index in [0.29, 0.717) is 23.6 Å². The molecule has 1 aliphatic rings. The zero-order valence-electron chi connectivity index (χ0n) is 14.7. The van der Waals surface area contributed by atoms with Gasteiger partial charge in [0.1, 0.15) is 6.04 Å². The Kier molecular flexibility index (Phi) is 5.97. The maximum Gasteiger partial charge on any atom is 0.269 e. The molecule has 3 rings (SSSR count). The number of non-ortho nitro benzene ring substituents is 1. The smallest absolute Gasteiger partial charge is 0.269 e. The quantitative estimate of drug-likeness (QED) is 0.585. The summed E-state index contributed by atoms with van der Waals surface area (Å²) in [5, 5.41) is 14.0. The third-order valence-corrected chi connectivity index (χ3v) is 6.70. The number of nitro benzene ring substituents is 1. The topological polar surface area (TPSA) is 110 Å². The first kappa shape index (κ1) is 20.2. The Hall–Kier alpha value is -2.49. The van der Waals surface area contributed by atoms with Crippen LogP contribution in [0.5, 0.6) is 0 Å². The molecule has 0 spiro atoms. The Balaban J connectivity index is 1.84. The third kappa shape index (κ3) is 4.32. The number of hydrogen-bond donors (Lipinski definition) is 1. The van der Waals surface area contributed by atoms with Gasteiger partial charge < -0.3 is 5.32 Å². The highest BCUT2D eigenvalue weighted by Crippen LogP contribution is 2.27. The second-order valence-electron chi connectivity index (χ2n) is 6.37. The number of rotatable bonds is 5. The van der Waals surface area contributed by atoms with Gasteiger partial charge in [0.15, 0.2) is 0 Å². The monoisotopic (exact) mass is 423 g/mol. The SMILES string of the molecule is O=C(Nc1ccc(Cl)cc1)[C@@H]1CCCCN1S(=O)(=O)c1ccc([N+](=O)[O-])cc1. The molecule has 0 bridgehead atoms. The van der Waals surface area contributed by atoms with E-state index in [4.69, 9.17) is 11.6 Å². The van der Waals surface area contributed by atoms with Crippen LogP contribution in [0, 0.1) is 10.1 Å². The number of benzene rings is 2. The number of halogens is 1. The third-order valence-electron chi connectivity index (χ3n) is 4.52. The van der Waals surface area contributed by atoms with Crippen LogP contribution in [0.25, 0.3) is 0 Å². The molecule has 0 aliphatic carbocycles. The van der Waals surface area contributed by atoms with Crippen LogP contribution in [-0.4, -0.2) is 36.1 Å². The fourth-order valence-electron chi connectivity index (χ4n) is 3.09. The molecule has 8 nitrogen and oxygen atoms in total. The zero-order chi connectivity index (χ0) is 20.3. The summed E-state index contributed by atoms with van der Waals surface area (Å²) in [5.41, 5.74) is 0.322. The fraction of sp³-hybridized carbons (Fsp3) is 0.278. The summed E-state index contributed by atoms with van der Waals surface area (Å²) in [6, 6.07) is 10.3. The predicted octanol–water partition coefficient (Wildman–Crippen LogP) is 3.43. The van der Waals surface area contributed by atoms with Gasteiger partial charge in [0, 0.05) is 29.4 Å². The summed E-state index contributed by atoms with van der Waals surface area (Å²) in [7, 11) is -3.97. The number of nitrogens with zero attached hydrogens (tertiary/aromatic N) is 2. The predicted molar refractivity (Wildman–Crippen MR) is 105 cm³/mol. The van der Waals surface area contributed by atoms with Crippen LogP contribution in [-0.2, 0) is 14.8 Å². The lowest BCUT2D eigenvalue weighted by Crippen LogP contribution is -2.49. The summed E-state index contributed by atoms with van der Waals surface area (Å²) >= 11 is 5.84. The first-order valence-corrected chi connectivity index (χ1v) is 10.4. The maximum absolute atomic E-state index is 13.0. The highest BCUT2D eigenvalue weighted by Gasteiger charge is 2.37. The van der Waals surface area contributed by atoms with E-state index in [1.54, 1.807) is 24.3 Å². The van der Waals surface area contributed by atoms with Crippen LogP contribution in [0.15, 0.2) is 53.4 Å². The van der Waals surface area contributed by atoms with Gasteiger partial charge in [-0.3, -0.25) is 14.9 Å². The number of nitrogens with one attached hydrogen (secondary N) is 1. The van der Waals surface area contributed by atoms with E-state index < -0.39 is 26.9 Å². The summed E-state index contributed by atoms with van der Waals surface area (Å²) in [5.74, 6) is -0.424. The highest BCUT2D eigenvalue weighted by molar-refractivity contribution is 7.89. The summed E-state index contributed by atoms with van der Waals surface area (Å²) in [6.07, 6.45) is 1.76. The summed E-state index contributed by atoms with van der Waals surface area (Å²) in [4.78, 5) is 22.9. The number of carbonyl (C=O) groups is 1. The number of sulfonamides is 1. The Morgan fingerprint density at radius 3 is 2.36 bits per heavy atom. The number of nitro groups is 1. The van der Waals surface area contributed by atoms with Gasteiger partial charge in [-0.15, -0.1) is 0 Å². The van der Waals surface area contributed by atoms with Crippen molar-refractivity contribution in [2.24, 2.45) is 0 Å². The van der Waals surface area contributed by atoms with Crippen LogP contribution >= 0.6 is 11.6 Å². The second-order valence-corrected chi connectivity index (χ2v) is 8.70. The zero-order valence-corrected chi connectivity index (χ0v) is 16.3. The Morgan fingerprint density at radius 1 is 1.11 bits per heavy atom. The standard InChI is InChI=1S/C18H18ClN3O5S/c19-13-4-6-14(7-5-13)20-18(23)17-3-1-2-12-21(17)28(26,27)16-10-8-15(9-11-16)22(24)25/h4-11,17H,1-3,12H2,(H,20,23)/t17-/m0/s1. The molecule has 0 aromatic heterocycles. The lowest BCUT2D eigenvalue weighted by Gasteiger charge is -2.33. The fourth-order valence-corrected chi connectivity index (χ4v) is 4.87. The Labute approximate surface area is 167 Å². The molecule has 1 N–H and O–H groups in total. The minimum absolute atomic E-state index is 0.0794. The Bertz CT molecular complexity index is 977. The van der Waals surface area contributed by atoms with Crippen LogP contribution in [0.3, 0.4) is 0 Å². The maximum atomic E-state index is 13.0. The lowest BCUT2D eigenvalue weighted by molar-refractivity contribution is -0.384. The molecule has 0 saturated carbocycles. The molecule has 28 heavy (non-hydrogen) atoms. The van der Waals surface area contributed by atoms with E-state index in [2.05, 4.69) is 5.32 Å². The number of anilines is 1. The molecular weight excluding hydrogens is 406 g/mol. The van der Waals surface area contributed by atoms with Gasteiger partial charge in [-0.2, -0.15) is 4.31 Å². The molecule has 10 heteroatoms. The number of carbonyl (C=O) groups excluding carboxylic acids is 1. The number of amides is 1. The van der Waals surface area contributed by atoms with Gasteiger partial charge in [-0.25, -0.2) is 8.42 Å². The van der Waals surface area contributed by atoms with Crippen molar-refractivity contribution in [1.29, 1.82) is 0 Å². The molecule has 1 saturated heterocycles. The van der Waals surface area contributed by atoms with E-state index in [9.17, 15) is 23.3 Å². The molecule has 148 valence electrons. The van der Waals surface area contributed by atoms with Crippen LogP contribution in [0.4, 0.5) is 11.4 Å². The second kappa shape index (κ2) is 8.26. The van der Waals surface area contributed by atoms with E-state index in [1.165, 1.54) is 16.4 Å². The minimum Gasteiger partial charge on any atom is -0.325 e. The number of piperidine rings is 1. The van der Waals surface area contributed by atoms with Crippen molar-refractivity contribution < 1.29 is 18.1 Å². The molecule has 0 unspecified atom stereocenters. The van der Waals surface area contributed by atoms with Crippen molar-refractivity contribution >= 4 is 38.9 Å². The average molecular weight is 424 g/mol. The molecule has 1 heterocycles. The van der Waals surface area contributed by atoms with Gasteiger partial charge in [0.05, 0.1) is 9.82 Å². The normalized spacial score (nSPS) is 17.8. The van der Waals surface area contributed by atoms with Crippen molar-refractivity contribution in [1.82, 2.24) is 4.31 Å². The number of hydrogen-bond acceptors (Lipinski definition) is 5. The molecule has 1 aliphatic heterocycles. The molecular formula is C18H18ClN3O5S. The molecule has 1 atom stereocenters. The van der Waals surface area contributed by atoms with E-state index >= 15 is 0 Å². The lowest BCUT2D eigenvalue weighted by atomic mass is 10.0. The first-order valence-electron chi connectivity index (χ1n) is 8.62. The van der Waals surface area contributed by atoms with E-state index in [1.807, 2.05) is 0 Å². The highest BCUT2D eigenvalue weighted by atomic mass is 35.5. The molecule has 0 radical (unpaired) electrons. The van der Waals surface area contributed by atoms with Crippen molar-refractivity contribution in [3.05, 3.63) is 63.7 Å². The molecule has 2 aromatic rings. The largest absolute Gasteiger partial charge is 0.325 e.